The van der Waals surface area contributed by atoms with Gasteiger partial charge in [0.05, 0.1) is 0 Å². The summed E-state index contributed by atoms with van der Waals surface area (Å²) in [6.07, 6.45) is 0.901. The molecule has 0 aromatic heterocycles. The van der Waals surface area contributed by atoms with Gasteiger partial charge in [-0.3, -0.25) is 0 Å². The van der Waals surface area contributed by atoms with E-state index in [2.05, 4.69) is 10.6 Å². The second-order valence-electron chi connectivity index (χ2n) is 4.30. The normalized spacial score (nSPS) is 10.3. The number of aromatic hydroxyl groups is 1. The molecule has 5 nitrogen and oxygen atoms in total. The van der Waals surface area contributed by atoms with Crippen LogP contribution in [0.25, 0.3) is 0 Å². The molecule has 134 valence electrons. The zero-order valence-electron chi connectivity index (χ0n) is 12.4. The molecule has 0 spiro atoms. The molecule has 7 N–H and O–H groups in total. The van der Waals surface area contributed by atoms with E-state index in [1.54, 1.807) is 12.1 Å². The van der Waals surface area contributed by atoms with Gasteiger partial charge in [-0.2, -0.15) is 0 Å². The number of rotatable bonds is 9. The Balaban J connectivity index is -0.000000405. The predicted octanol–water partition coefficient (Wildman–Crippen LogP) is 1.09. The van der Waals surface area contributed by atoms with Gasteiger partial charge in [0.2, 0.25) is 0 Å². The molecular formula is C13H28Cl4N4O. The summed E-state index contributed by atoms with van der Waals surface area (Å²) in [6.45, 7) is 3.74. The zero-order valence-corrected chi connectivity index (χ0v) is 15.6. The third kappa shape index (κ3) is 13.7. The van der Waals surface area contributed by atoms with Gasteiger partial charge in [0.15, 0.2) is 0 Å². The summed E-state index contributed by atoms with van der Waals surface area (Å²) in [7, 11) is 0. The fourth-order valence-corrected chi connectivity index (χ4v) is 1.80. The maximum atomic E-state index is 9.25. The molecule has 0 saturated heterocycles. The Hall–Kier alpha value is 0.0200. The lowest BCUT2D eigenvalue weighted by molar-refractivity contribution is 0.471. The van der Waals surface area contributed by atoms with Crippen molar-refractivity contribution in [2.24, 2.45) is 11.5 Å². The summed E-state index contributed by atoms with van der Waals surface area (Å²) in [6, 6.07) is 7.63. The molecule has 0 saturated carbocycles. The van der Waals surface area contributed by atoms with Crippen molar-refractivity contribution in [2.45, 2.75) is 12.5 Å². The highest BCUT2D eigenvalue weighted by Gasteiger charge is 2.08. The maximum absolute atomic E-state index is 9.25. The fourth-order valence-electron chi connectivity index (χ4n) is 1.80. The summed E-state index contributed by atoms with van der Waals surface area (Å²) in [5, 5.41) is 15.9. The third-order valence-corrected chi connectivity index (χ3v) is 2.71. The van der Waals surface area contributed by atoms with Gasteiger partial charge in [0.25, 0.3) is 0 Å². The van der Waals surface area contributed by atoms with E-state index in [9.17, 15) is 5.11 Å². The molecule has 1 rings (SSSR count). The lowest BCUT2D eigenvalue weighted by Crippen LogP contribution is -2.43. The highest BCUT2D eigenvalue weighted by atomic mass is 35.5. The Morgan fingerprint density at radius 2 is 1.45 bits per heavy atom. The number of phenolic OH excluding ortho intramolecular Hbond substituents is 1. The van der Waals surface area contributed by atoms with Crippen LogP contribution < -0.4 is 22.1 Å². The number of halogens is 4. The van der Waals surface area contributed by atoms with Gasteiger partial charge < -0.3 is 27.2 Å². The Morgan fingerprint density at radius 3 is 1.95 bits per heavy atom. The van der Waals surface area contributed by atoms with Crippen LogP contribution in [0, 0.1) is 0 Å². The van der Waals surface area contributed by atoms with Crippen LogP contribution in [-0.4, -0.2) is 43.9 Å². The summed E-state index contributed by atoms with van der Waals surface area (Å²) in [4.78, 5) is 0. The predicted molar refractivity (Wildman–Crippen MR) is 104 cm³/mol. The van der Waals surface area contributed by atoms with Gasteiger partial charge in [-0.15, -0.1) is 49.6 Å². The molecule has 0 fully saturated rings. The summed E-state index contributed by atoms with van der Waals surface area (Å²) >= 11 is 0. The Morgan fingerprint density at radius 1 is 0.909 bits per heavy atom. The number of hydrogen-bond donors (Lipinski definition) is 5. The molecule has 1 atom stereocenters. The van der Waals surface area contributed by atoms with E-state index in [4.69, 9.17) is 11.5 Å². The van der Waals surface area contributed by atoms with Crippen molar-refractivity contribution in [3.8, 4) is 5.75 Å². The number of nitrogens with one attached hydrogen (secondary N) is 2. The quantitative estimate of drug-likeness (QED) is 0.402. The van der Waals surface area contributed by atoms with Crippen LogP contribution in [0.4, 0.5) is 0 Å². The molecule has 0 bridgehead atoms. The second-order valence-corrected chi connectivity index (χ2v) is 4.30. The molecule has 0 heterocycles. The molecule has 0 aliphatic heterocycles. The van der Waals surface area contributed by atoms with E-state index < -0.39 is 0 Å². The van der Waals surface area contributed by atoms with E-state index >= 15 is 0 Å². The largest absolute Gasteiger partial charge is 0.508 e. The molecule has 1 aromatic carbocycles. The minimum absolute atomic E-state index is 0. The van der Waals surface area contributed by atoms with Crippen LogP contribution in [0.15, 0.2) is 24.3 Å². The van der Waals surface area contributed by atoms with Crippen molar-refractivity contribution in [3.63, 3.8) is 0 Å². The highest BCUT2D eigenvalue weighted by Crippen LogP contribution is 2.11. The van der Waals surface area contributed by atoms with E-state index in [-0.39, 0.29) is 49.6 Å². The molecule has 1 aromatic rings. The van der Waals surface area contributed by atoms with Crippen molar-refractivity contribution in [1.29, 1.82) is 0 Å². The van der Waals surface area contributed by atoms with E-state index in [0.717, 1.165) is 26.1 Å². The first-order valence-corrected chi connectivity index (χ1v) is 6.38. The Bertz CT molecular complexity index is 330. The van der Waals surface area contributed by atoms with Crippen LogP contribution in [0.1, 0.15) is 5.56 Å². The Kier molecular flexibility index (Phi) is 26.0. The van der Waals surface area contributed by atoms with E-state index in [1.807, 2.05) is 12.1 Å². The number of benzene rings is 1. The molecular weight excluding hydrogens is 370 g/mol. The molecule has 0 aliphatic carbocycles. The zero-order chi connectivity index (χ0) is 13.2. The van der Waals surface area contributed by atoms with Gasteiger partial charge in [-0.25, -0.2) is 0 Å². The summed E-state index contributed by atoms with van der Waals surface area (Å²) < 4.78 is 0. The van der Waals surface area contributed by atoms with Gasteiger partial charge in [-0.1, -0.05) is 12.1 Å². The van der Waals surface area contributed by atoms with Crippen LogP contribution in [0.5, 0.6) is 5.75 Å². The van der Waals surface area contributed by atoms with Gasteiger partial charge in [-0.05, 0) is 24.1 Å². The van der Waals surface area contributed by atoms with Crippen LogP contribution in [-0.2, 0) is 6.42 Å². The molecule has 0 aliphatic rings. The maximum Gasteiger partial charge on any atom is 0.115 e. The standard InChI is InChI=1S/C13H24N4O.4ClH/c14-5-7-16-10-12(17-8-6-15)9-11-1-3-13(18)4-2-11;;;;/h1-4,12,16-18H,5-10,14-15H2;4*1H. The van der Waals surface area contributed by atoms with Gasteiger partial charge >= 0.3 is 0 Å². The second kappa shape index (κ2) is 19.1. The lowest BCUT2D eigenvalue weighted by atomic mass is 10.1. The Labute approximate surface area is 157 Å². The van der Waals surface area contributed by atoms with Crippen molar-refractivity contribution in [1.82, 2.24) is 10.6 Å². The first kappa shape index (κ1) is 30.0. The van der Waals surface area contributed by atoms with E-state index in [1.165, 1.54) is 5.56 Å². The van der Waals surface area contributed by atoms with Gasteiger partial charge in [0.1, 0.15) is 5.75 Å². The van der Waals surface area contributed by atoms with Crippen LogP contribution in [0.3, 0.4) is 0 Å². The number of nitrogens with two attached hydrogens (primary N) is 2. The first-order valence-electron chi connectivity index (χ1n) is 6.38. The van der Waals surface area contributed by atoms with Crippen molar-refractivity contribution < 1.29 is 5.11 Å². The topological polar surface area (TPSA) is 96.3 Å². The highest BCUT2D eigenvalue weighted by molar-refractivity contribution is 5.86. The summed E-state index contributed by atoms with van der Waals surface area (Å²) in [5.41, 5.74) is 12.2. The molecule has 1 unspecified atom stereocenters. The van der Waals surface area contributed by atoms with Crippen LogP contribution in [0.2, 0.25) is 0 Å². The van der Waals surface area contributed by atoms with Crippen molar-refractivity contribution in [2.75, 3.05) is 32.7 Å². The van der Waals surface area contributed by atoms with Crippen molar-refractivity contribution >= 4 is 49.6 Å². The van der Waals surface area contributed by atoms with Crippen molar-refractivity contribution in [3.05, 3.63) is 29.8 Å². The number of hydrogen-bond acceptors (Lipinski definition) is 5. The monoisotopic (exact) mass is 396 g/mol. The summed E-state index contributed by atoms with van der Waals surface area (Å²) in [5.74, 6) is 0.298. The molecule has 0 amide bonds. The molecule has 22 heavy (non-hydrogen) atoms. The van der Waals surface area contributed by atoms with E-state index in [0.29, 0.717) is 24.9 Å². The van der Waals surface area contributed by atoms with Gasteiger partial charge in [0, 0.05) is 38.8 Å². The minimum atomic E-state index is 0. The molecule has 9 heteroatoms. The smallest absolute Gasteiger partial charge is 0.115 e. The molecule has 0 radical (unpaired) electrons. The lowest BCUT2D eigenvalue weighted by Gasteiger charge is -2.19. The average Bonchev–Trinajstić information content (AvgIpc) is 2.38. The average molecular weight is 398 g/mol. The van der Waals surface area contributed by atoms with Crippen LogP contribution >= 0.6 is 49.6 Å². The first-order chi connectivity index (χ1) is 8.76. The SMILES string of the molecule is Cl.Cl.Cl.Cl.NCCNCC(Cc1ccc(O)cc1)NCCN. The fraction of sp³-hybridized carbons (Fsp3) is 0.538. The number of phenols is 1. The minimum Gasteiger partial charge on any atom is -0.508 e. The third-order valence-electron chi connectivity index (χ3n) is 2.71.